The summed E-state index contributed by atoms with van der Waals surface area (Å²) in [6.45, 7) is 1.70. The molecule has 0 unspecified atom stereocenters. The van der Waals surface area contributed by atoms with E-state index in [4.69, 9.17) is 0 Å². The van der Waals surface area contributed by atoms with Gasteiger partial charge in [0.05, 0.1) is 11.4 Å². The summed E-state index contributed by atoms with van der Waals surface area (Å²) in [6.07, 6.45) is 0.426. The highest BCUT2D eigenvalue weighted by molar-refractivity contribution is 7.99. The van der Waals surface area contributed by atoms with Gasteiger partial charge in [-0.2, -0.15) is 0 Å². The molecule has 0 radical (unpaired) electrons. The molecule has 2 N–H and O–H groups in total. The molecule has 2 aromatic carbocycles. The lowest BCUT2D eigenvalue weighted by molar-refractivity contribution is -0.113. The Hall–Kier alpha value is -3.07. The maximum atomic E-state index is 13.6. The lowest BCUT2D eigenvalue weighted by Crippen LogP contribution is -2.19. The van der Waals surface area contributed by atoms with Crippen molar-refractivity contribution < 1.29 is 18.0 Å². The van der Waals surface area contributed by atoms with Crippen molar-refractivity contribution in [2.24, 2.45) is 0 Å². The number of thioether (sulfide) groups is 1. The van der Waals surface area contributed by atoms with Crippen LogP contribution in [0, 0.1) is 24.4 Å². The molecule has 3 aromatic rings. The number of carbonyl (C=O) groups is 1. The third-order valence-corrected chi connectivity index (χ3v) is 4.95. The topological polar surface area (TPSA) is 74.8 Å². The maximum absolute atomic E-state index is 13.6. The number of aromatic nitrogens is 2. The molecule has 0 atom stereocenters. The molecule has 0 saturated heterocycles. The molecule has 3 rings (SSSR count). The molecular weight excluding hydrogens is 403 g/mol. The first kappa shape index (κ1) is 20.7. The number of aryl methyl sites for hydroxylation is 1. The van der Waals surface area contributed by atoms with E-state index in [-0.39, 0.29) is 16.5 Å². The van der Waals surface area contributed by atoms with Gasteiger partial charge in [-0.25, -0.2) is 18.2 Å². The molecule has 0 spiro atoms. The van der Waals surface area contributed by atoms with Crippen molar-refractivity contribution >= 4 is 23.4 Å². The van der Waals surface area contributed by atoms with E-state index in [9.17, 15) is 22.8 Å². The van der Waals surface area contributed by atoms with Crippen LogP contribution < -0.4 is 10.9 Å². The largest absolute Gasteiger partial charge is 0.323 e. The quantitative estimate of drug-likeness (QED) is 0.362. The van der Waals surface area contributed by atoms with E-state index in [0.717, 1.165) is 29.5 Å². The third-order valence-electron chi connectivity index (χ3n) is 4.07. The summed E-state index contributed by atoms with van der Waals surface area (Å²) in [4.78, 5) is 31.3. The van der Waals surface area contributed by atoms with Gasteiger partial charge in [0.1, 0.15) is 0 Å². The predicted octanol–water partition coefficient (Wildman–Crippen LogP) is 3.82. The van der Waals surface area contributed by atoms with Crippen molar-refractivity contribution in [3.05, 3.63) is 87.1 Å². The first-order valence-electron chi connectivity index (χ1n) is 8.55. The van der Waals surface area contributed by atoms with Crippen LogP contribution in [0.15, 0.2) is 52.4 Å². The van der Waals surface area contributed by atoms with Crippen LogP contribution in [0.1, 0.15) is 16.8 Å². The molecule has 9 heteroatoms. The van der Waals surface area contributed by atoms with Crippen molar-refractivity contribution in [1.82, 2.24) is 9.97 Å². The first-order chi connectivity index (χ1) is 13.8. The van der Waals surface area contributed by atoms with Gasteiger partial charge >= 0.3 is 0 Å². The van der Waals surface area contributed by atoms with E-state index < -0.39 is 29.0 Å². The fraction of sp³-hybridized carbons (Fsp3) is 0.150. The zero-order chi connectivity index (χ0) is 21.0. The number of rotatable bonds is 6. The van der Waals surface area contributed by atoms with Crippen LogP contribution in [0.3, 0.4) is 0 Å². The van der Waals surface area contributed by atoms with Crippen LogP contribution >= 0.6 is 11.8 Å². The smallest absolute Gasteiger partial charge is 0.255 e. The lowest BCUT2D eigenvalue weighted by Gasteiger charge is -2.09. The van der Waals surface area contributed by atoms with E-state index in [1.54, 1.807) is 6.92 Å². The number of nitrogens with one attached hydrogen (secondary N) is 2. The Morgan fingerprint density at radius 1 is 1.10 bits per heavy atom. The van der Waals surface area contributed by atoms with E-state index in [0.29, 0.717) is 17.7 Å². The lowest BCUT2D eigenvalue weighted by atomic mass is 10.1. The Labute approximate surface area is 168 Å². The zero-order valence-corrected chi connectivity index (χ0v) is 16.1. The zero-order valence-electron chi connectivity index (χ0n) is 15.3. The summed E-state index contributed by atoms with van der Waals surface area (Å²) in [5, 5.41) is 2.39. The number of halogens is 3. The van der Waals surface area contributed by atoms with Gasteiger partial charge in [-0.15, -0.1) is 0 Å². The van der Waals surface area contributed by atoms with E-state index >= 15 is 0 Å². The van der Waals surface area contributed by atoms with Gasteiger partial charge < -0.3 is 10.3 Å². The van der Waals surface area contributed by atoms with Crippen LogP contribution in [-0.2, 0) is 11.2 Å². The molecule has 150 valence electrons. The molecule has 1 heterocycles. The van der Waals surface area contributed by atoms with Crippen molar-refractivity contribution in [3.63, 3.8) is 0 Å². The minimum absolute atomic E-state index is 0.209. The Kier molecular flexibility index (Phi) is 6.38. The number of hydrogen-bond donors (Lipinski definition) is 2. The summed E-state index contributed by atoms with van der Waals surface area (Å²) in [5.41, 5.74) is 1.25. The van der Waals surface area contributed by atoms with Gasteiger partial charge in [-0.1, -0.05) is 42.1 Å². The number of hydrogen-bond acceptors (Lipinski definition) is 4. The van der Waals surface area contributed by atoms with E-state index in [1.165, 1.54) is 0 Å². The molecule has 0 saturated carbocycles. The van der Waals surface area contributed by atoms with Crippen molar-refractivity contribution in [2.75, 3.05) is 11.1 Å². The normalized spacial score (nSPS) is 10.8. The highest BCUT2D eigenvalue weighted by Crippen LogP contribution is 2.20. The standard InChI is InChI=1S/C20H16F3N3O2S/c1-11-13(9-12-5-3-2-4-6-12)19(28)26-20(24-11)29-10-16(27)25-15-8-7-14(21)17(22)18(15)23/h2-8H,9-10H2,1H3,(H,25,27)(H,24,26,28). The van der Waals surface area contributed by atoms with Gasteiger partial charge in [0, 0.05) is 17.7 Å². The summed E-state index contributed by atoms with van der Waals surface area (Å²) in [7, 11) is 0. The highest BCUT2D eigenvalue weighted by Gasteiger charge is 2.16. The number of benzene rings is 2. The molecular formula is C20H16F3N3O2S. The minimum atomic E-state index is -1.66. The van der Waals surface area contributed by atoms with Gasteiger partial charge in [-0.05, 0) is 24.6 Å². The summed E-state index contributed by atoms with van der Waals surface area (Å²) in [5.74, 6) is -5.35. The molecule has 29 heavy (non-hydrogen) atoms. The first-order valence-corrected chi connectivity index (χ1v) is 9.53. The average molecular weight is 419 g/mol. The Balaban J connectivity index is 1.66. The number of amides is 1. The van der Waals surface area contributed by atoms with Crippen LogP contribution in [-0.4, -0.2) is 21.6 Å². The number of H-pyrrole nitrogens is 1. The van der Waals surface area contributed by atoms with Gasteiger partial charge in [0.2, 0.25) is 5.91 Å². The van der Waals surface area contributed by atoms with Crippen molar-refractivity contribution in [1.29, 1.82) is 0 Å². The molecule has 0 aliphatic heterocycles. The third kappa shape index (κ3) is 5.05. The predicted molar refractivity (Wildman–Crippen MR) is 105 cm³/mol. The molecule has 0 bridgehead atoms. The Morgan fingerprint density at radius 2 is 1.83 bits per heavy atom. The molecule has 0 aliphatic carbocycles. The fourth-order valence-corrected chi connectivity index (χ4v) is 3.31. The SMILES string of the molecule is Cc1nc(SCC(=O)Nc2ccc(F)c(F)c2F)[nH]c(=O)c1Cc1ccccc1. The van der Waals surface area contributed by atoms with E-state index in [2.05, 4.69) is 15.3 Å². The fourth-order valence-electron chi connectivity index (χ4n) is 2.60. The molecule has 5 nitrogen and oxygen atoms in total. The van der Waals surface area contributed by atoms with Crippen LogP contribution in [0.5, 0.6) is 0 Å². The van der Waals surface area contributed by atoms with Gasteiger partial charge in [0.25, 0.3) is 5.56 Å². The second kappa shape index (κ2) is 8.95. The maximum Gasteiger partial charge on any atom is 0.255 e. The Morgan fingerprint density at radius 3 is 2.52 bits per heavy atom. The molecule has 1 aromatic heterocycles. The minimum Gasteiger partial charge on any atom is -0.323 e. The van der Waals surface area contributed by atoms with Crippen molar-refractivity contribution in [2.45, 2.75) is 18.5 Å². The van der Waals surface area contributed by atoms with Crippen LogP contribution in [0.2, 0.25) is 0 Å². The number of nitrogens with zero attached hydrogens (tertiary/aromatic N) is 1. The second-order valence-corrected chi connectivity index (χ2v) is 7.12. The monoisotopic (exact) mass is 419 g/mol. The van der Waals surface area contributed by atoms with Gasteiger partial charge in [0.15, 0.2) is 22.6 Å². The van der Waals surface area contributed by atoms with Crippen LogP contribution in [0.25, 0.3) is 0 Å². The summed E-state index contributed by atoms with van der Waals surface area (Å²) < 4.78 is 39.8. The molecule has 1 amide bonds. The van der Waals surface area contributed by atoms with Gasteiger partial charge in [-0.3, -0.25) is 9.59 Å². The summed E-state index contributed by atoms with van der Waals surface area (Å²) >= 11 is 0.935. The van der Waals surface area contributed by atoms with Crippen molar-refractivity contribution in [3.8, 4) is 0 Å². The number of carbonyl (C=O) groups excluding carboxylic acids is 1. The van der Waals surface area contributed by atoms with Crippen LogP contribution in [0.4, 0.5) is 18.9 Å². The number of aromatic amines is 1. The Bertz CT molecular complexity index is 1100. The highest BCUT2D eigenvalue weighted by atomic mass is 32.2. The molecule has 0 aliphatic rings. The average Bonchev–Trinajstić information content (AvgIpc) is 2.70. The summed E-state index contributed by atoms with van der Waals surface area (Å²) in [6, 6.07) is 11.1. The molecule has 0 fully saturated rings. The second-order valence-electron chi connectivity index (χ2n) is 6.16. The van der Waals surface area contributed by atoms with E-state index in [1.807, 2.05) is 30.3 Å². The number of anilines is 1.